The van der Waals surface area contributed by atoms with Crippen LogP contribution in [0.2, 0.25) is 4.34 Å². The van der Waals surface area contributed by atoms with Crippen molar-refractivity contribution in [2.75, 3.05) is 18.1 Å². The highest BCUT2D eigenvalue weighted by atomic mass is 35.5. The van der Waals surface area contributed by atoms with E-state index in [1.54, 1.807) is 25.2 Å². The zero-order valence-electron chi connectivity index (χ0n) is 10.4. The largest absolute Gasteiger partial charge is 0.397 e. The number of carbonyl (C=O) groups is 1. The minimum atomic E-state index is -0.137. The topological polar surface area (TPSA) is 67.2 Å². The average molecular weight is 296 g/mol. The smallest absolute Gasteiger partial charge is 0.251 e. The Bertz CT molecular complexity index is 597. The predicted octanol–water partition coefficient (Wildman–Crippen LogP) is 2.96. The van der Waals surface area contributed by atoms with E-state index in [2.05, 4.69) is 10.6 Å². The van der Waals surface area contributed by atoms with Crippen LogP contribution in [-0.2, 0) is 6.54 Å². The normalized spacial score (nSPS) is 10.2. The van der Waals surface area contributed by atoms with Gasteiger partial charge in [-0.25, -0.2) is 0 Å². The zero-order chi connectivity index (χ0) is 13.8. The van der Waals surface area contributed by atoms with Crippen LogP contribution in [-0.4, -0.2) is 13.0 Å². The molecule has 0 radical (unpaired) electrons. The summed E-state index contributed by atoms with van der Waals surface area (Å²) in [4.78, 5) is 12.7. The van der Waals surface area contributed by atoms with E-state index < -0.39 is 0 Å². The SMILES string of the molecule is CNC(=O)c1ccc(N)c(NCc2ccc(Cl)s2)c1. The van der Waals surface area contributed by atoms with Gasteiger partial charge in [-0.05, 0) is 30.3 Å². The van der Waals surface area contributed by atoms with Gasteiger partial charge in [-0.1, -0.05) is 11.6 Å². The summed E-state index contributed by atoms with van der Waals surface area (Å²) in [6.07, 6.45) is 0. The summed E-state index contributed by atoms with van der Waals surface area (Å²) in [5, 5.41) is 5.79. The standard InChI is InChI=1S/C13H14ClN3OS/c1-16-13(18)8-2-4-10(15)11(6-8)17-7-9-3-5-12(14)19-9/h2-6,17H,7,15H2,1H3,(H,16,18). The van der Waals surface area contributed by atoms with E-state index in [-0.39, 0.29) is 5.91 Å². The molecule has 4 N–H and O–H groups in total. The molecule has 0 spiro atoms. The average Bonchev–Trinajstić information content (AvgIpc) is 2.82. The highest BCUT2D eigenvalue weighted by molar-refractivity contribution is 7.16. The van der Waals surface area contributed by atoms with Gasteiger partial charge in [0, 0.05) is 24.0 Å². The van der Waals surface area contributed by atoms with Crippen molar-refractivity contribution in [2.24, 2.45) is 0 Å². The minimum Gasteiger partial charge on any atom is -0.397 e. The number of hydrogen-bond acceptors (Lipinski definition) is 4. The summed E-state index contributed by atoms with van der Waals surface area (Å²) < 4.78 is 0.754. The zero-order valence-corrected chi connectivity index (χ0v) is 11.9. The Balaban J connectivity index is 2.12. The number of nitrogen functional groups attached to an aromatic ring is 1. The van der Waals surface area contributed by atoms with Gasteiger partial charge in [-0.2, -0.15) is 0 Å². The third-order valence-corrected chi connectivity index (χ3v) is 3.86. The van der Waals surface area contributed by atoms with Crippen LogP contribution < -0.4 is 16.4 Å². The predicted molar refractivity (Wildman–Crippen MR) is 80.9 cm³/mol. The van der Waals surface area contributed by atoms with E-state index in [0.717, 1.165) is 14.9 Å². The van der Waals surface area contributed by atoms with Crippen molar-refractivity contribution in [1.29, 1.82) is 0 Å². The van der Waals surface area contributed by atoms with Crippen LogP contribution in [0.15, 0.2) is 30.3 Å². The number of anilines is 2. The lowest BCUT2D eigenvalue weighted by Gasteiger charge is -2.10. The summed E-state index contributed by atoms with van der Waals surface area (Å²) in [5.41, 5.74) is 7.80. The molecule has 0 saturated heterocycles. The van der Waals surface area contributed by atoms with Gasteiger partial charge >= 0.3 is 0 Å². The Morgan fingerprint density at radius 2 is 2.16 bits per heavy atom. The lowest BCUT2D eigenvalue weighted by atomic mass is 10.1. The van der Waals surface area contributed by atoms with Crippen molar-refractivity contribution >= 4 is 40.2 Å². The maximum absolute atomic E-state index is 11.6. The van der Waals surface area contributed by atoms with Gasteiger partial charge in [0.05, 0.1) is 15.7 Å². The number of carbonyl (C=O) groups excluding carboxylic acids is 1. The van der Waals surface area contributed by atoms with E-state index in [9.17, 15) is 4.79 Å². The molecule has 2 rings (SSSR count). The minimum absolute atomic E-state index is 0.137. The summed E-state index contributed by atoms with van der Waals surface area (Å²) in [6.45, 7) is 0.624. The molecular formula is C13H14ClN3OS. The maximum atomic E-state index is 11.6. The second kappa shape index (κ2) is 5.95. The molecule has 6 heteroatoms. The second-order valence-corrected chi connectivity index (χ2v) is 5.74. The lowest BCUT2D eigenvalue weighted by Crippen LogP contribution is -2.18. The molecule has 1 amide bonds. The molecule has 0 saturated carbocycles. The number of thiophene rings is 1. The molecule has 0 bridgehead atoms. The van der Waals surface area contributed by atoms with E-state index >= 15 is 0 Å². The van der Waals surface area contributed by atoms with Crippen LogP contribution in [0.25, 0.3) is 0 Å². The Hall–Kier alpha value is -1.72. The van der Waals surface area contributed by atoms with Crippen LogP contribution in [0.5, 0.6) is 0 Å². The molecule has 0 aliphatic carbocycles. The summed E-state index contributed by atoms with van der Waals surface area (Å²) >= 11 is 7.38. The third-order valence-electron chi connectivity index (χ3n) is 2.62. The maximum Gasteiger partial charge on any atom is 0.251 e. The van der Waals surface area contributed by atoms with Gasteiger partial charge in [-0.15, -0.1) is 11.3 Å². The Labute approximate surface area is 120 Å². The molecule has 100 valence electrons. The van der Waals surface area contributed by atoms with Crippen molar-refractivity contribution in [3.8, 4) is 0 Å². The first-order chi connectivity index (χ1) is 9.10. The first kappa shape index (κ1) is 13.7. The second-order valence-electron chi connectivity index (χ2n) is 3.94. The van der Waals surface area contributed by atoms with Gasteiger partial charge < -0.3 is 16.4 Å². The fourth-order valence-electron chi connectivity index (χ4n) is 1.62. The summed E-state index contributed by atoms with van der Waals surface area (Å²) in [6, 6.07) is 8.96. The highest BCUT2D eigenvalue weighted by Gasteiger charge is 2.07. The third kappa shape index (κ3) is 3.39. The Morgan fingerprint density at radius 3 is 2.79 bits per heavy atom. The van der Waals surface area contributed by atoms with Gasteiger partial charge in [0.2, 0.25) is 0 Å². The van der Waals surface area contributed by atoms with Crippen LogP contribution >= 0.6 is 22.9 Å². The van der Waals surface area contributed by atoms with E-state index in [1.165, 1.54) is 11.3 Å². The van der Waals surface area contributed by atoms with Crippen molar-refractivity contribution in [3.05, 3.63) is 45.1 Å². The fraction of sp³-hybridized carbons (Fsp3) is 0.154. The van der Waals surface area contributed by atoms with Crippen molar-refractivity contribution in [1.82, 2.24) is 5.32 Å². The molecule has 1 heterocycles. The number of benzene rings is 1. The highest BCUT2D eigenvalue weighted by Crippen LogP contribution is 2.24. The number of halogens is 1. The molecule has 0 aliphatic rings. The molecule has 0 atom stereocenters. The van der Waals surface area contributed by atoms with E-state index in [1.807, 2.05) is 12.1 Å². The molecule has 1 aromatic carbocycles. The van der Waals surface area contributed by atoms with Crippen molar-refractivity contribution < 1.29 is 4.79 Å². The van der Waals surface area contributed by atoms with E-state index in [0.29, 0.717) is 17.8 Å². The van der Waals surface area contributed by atoms with Crippen molar-refractivity contribution in [2.45, 2.75) is 6.54 Å². The first-order valence-corrected chi connectivity index (χ1v) is 6.89. The number of amides is 1. The number of nitrogens with two attached hydrogens (primary N) is 1. The first-order valence-electron chi connectivity index (χ1n) is 5.70. The summed E-state index contributed by atoms with van der Waals surface area (Å²) in [5.74, 6) is -0.137. The van der Waals surface area contributed by atoms with Crippen LogP contribution in [0.4, 0.5) is 11.4 Å². The molecule has 19 heavy (non-hydrogen) atoms. The number of nitrogens with one attached hydrogen (secondary N) is 2. The van der Waals surface area contributed by atoms with Gasteiger partial charge in [0.1, 0.15) is 0 Å². The molecule has 0 unspecified atom stereocenters. The monoisotopic (exact) mass is 295 g/mol. The molecule has 4 nitrogen and oxygen atoms in total. The quantitative estimate of drug-likeness (QED) is 0.760. The van der Waals surface area contributed by atoms with E-state index in [4.69, 9.17) is 17.3 Å². The molecule has 2 aromatic rings. The molecule has 0 fully saturated rings. The van der Waals surface area contributed by atoms with Gasteiger partial charge in [0.25, 0.3) is 5.91 Å². The summed E-state index contributed by atoms with van der Waals surface area (Å²) in [7, 11) is 1.60. The Morgan fingerprint density at radius 1 is 1.37 bits per heavy atom. The van der Waals surface area contributed by atoms with Gasteiger partial charge in [-0.3, -0.25) is 4.79 Å². The Kier molecular flexibility index (Phi) is 4.29. The molecule has 1 aromatic heterocycles. The van der Waals surface area contributed by atoms with Gasteiger partial charge in [0.15, 0.2) is 0 Å². The van der Waals surface area contributed by atoms with Crippen LogP contribution in [0.1, 0.15) is 15.2 Å². The number of hydrogen-bond donors (Lipinski definition) is 3. The molecule has 0 aliphatic heterocycles. The van der Waals surface area contributed by atoms with Crippen LogP contribution in [0, 0.1) is 0 Å². The van der Waals surface area contributed by atoms with Crippen LogP contribution in [0.3, 0.4) is 0 Å². The number of rotatable bonds is 4. The lowest BCUT2D eigenvalue weighted by molar-refractivity contribution is 0.0963. The fourth-order valence-corrected chi connectivity index (χ4v) is 2.65. The molecular weight excluding hydrogens is 282 g/mol. The van der Waals surface area contributed by atoms with Crippen molar-refractivity contribution in [3.63, 3.8) is 0 Å².